The van der Waals surface area contributed by atoms with Crippen LogP contribution in [0.2, 0.25) is 0 Å². The number of nitrogens with zero attached hydrogens (tertiary/aromatic N) is 1. The summed E-state index contributed by atoms with van der Waals surface area (Å²) in [7, 11) is 1.97. The largest absolute Gasteiger partial charge is 0.466 e. The molecule has 1 fully saturated rings. The maximum Gasteiger partial charge on any atom is 0.257 e. The highest BCUT2D eigenvalue weighted by molar-refractivity contribution is 5.96. The fourth-order valence-electron chi connectivity index (χ4n) is 2.97. The van der Waals surface area contributed by atoms with Gasteiger partial charge >= 0.3 is 0 Å². The summed E-state index contributed by atoms with van der Waals surface area (Å²) in [6, 6.07) is 0. The summed E-state index contributed by atoms with van der Waals surface area (Å²) in [6.45, 7) is 8.45. The topological polar surface area (TPSA) is 45.5 Å². The van der Waals surface area contributed by atoms with Crippen molar-refractivity contribution in [1.29, 1.82) is 0 Å². The Morgan fingerprint density at radius 3 is 2.68 bits per heavy atom. The lowest BCUT2D eigenvalue weighted by molar-refractivity contribution is 0.0672. The van der Waals surface area contributed by atoms with Gasteiger partial charge in [-0.2, -0.15) is 0 Å². The van der Waals surface area contributed by atoms with Crippen LogP contribution in [0.15, 0.2) is 4.42 Å². The summed E-state index contributed by atoms with van der Waals surface area (Å²) in [6.07, 6.45) is 2.29. The van der Waals surface area contributed by atoms with Crippen LogP contribution in [0.5, 0.6) is 0 Å². The number of hydrogen-bond acceptors (Lipinski definition) is 3. The molecule has 4 heteroatoms. The van der Waals surface area contributed by atoms with Gasteiger partial charge in [0.2, 0.25) is 0 Å². The number of carbonyl (C=O) groups excluding carboxylic acids is 1. The minimum absolute atomic E-state index is 0.132. The second kappa shape index (κ2) is 5.78. The summed E-state index contributed by atoms with van der Waals surface area (Å²) < 4.78 is 5.57. The van der Waals surface area contributed by atoms with Crippen molar-refractivity contribution >= 4 is 5.91 Å². The Morgan fingerprint density at radius 1 is 1.37 bits per heavy atom. The van der Waals surface area contributed by atoms with Crippen molar-refractivity contribution in [1.82, 2.24) is 10.2 Å². The SMILES string of the molecule is CNCC1CCCN(C(=O)c2c(C)oc(C)c2C)C1. The monoisotopic (exact) mass is 264 g/mol. The molecule has 1 unspecified atom stereocenters. The number of rotatable bonds is 3. The number of carbonyl (C=O) groups is 1. The third kappa shape index (κ3) is 2.84. The lowest BCUT2D eigenvalue weighted by Crippen LogP contribution is -2.42. The summed E-state index contributed by atoms with van der Waals surface area (Å²) in [4.78, 5) is 14.6. The van der Waals surface area contributed by atoms with Crippen LogP contribution in [-0.2, 0) is 0 Å². The predicted octanol–water partition coefficient (Wildman–Crippen LogP) is 2.28. The van der Waals surface area contributed by atoms with Crippen molar-refractivity contribution in [3.8, 4) is 0 Å². The Kier molecular flexibility index (Phi) is 4.30. The van der Waals surface area contributed by atoms with E-state index in [2.05, 4.69) is 5.32 Å². The molecule has 1 atom stereocenters. The van der Waals surface area contributed by atoms with Crippen molar-refractivity contribution in [2.45, 2.75) is 33.6 Å². The number of furan rings is 1. The fourth-order valence-corrected chi connectivity index (χ4v) is 2.97. The maximum absolute atomic E-state index is 12.7. The smallest absolute Gasteiger partial charge is 0.257 e. The first-order chi connectivity index (χ1) is 9.04. The highest BCUT2D eigenvalue weighted by Crippen LogP contribution is 2.25. The van der Waals surface area contributed by atoms with Gasteiger partial charge in [-0.25, -0.2) is 0 Å². The van der Waals surface area contributed by atoms with Gasteiger partial charge in [0, 0.05) is 18.7 Å². The predicted molar refractivity (Wildman–Crippen MR) is 75.5 cm³/mol. The Balaban J connectivity index is 2.15. The van der Waals surface area contributed by atoms with Crippen molar-refractivity contribution < 1.29 is 9.21 Å². The average Bonchev–Trinajstić information content (AvgIpc) is 2.63. The number of piperidine rings is 1. The van der Waals surface area contributed by atoms with Gasteiger partial charge in [0.1, 0.15) is 11.5 Å². The second-order valence-corrected chi connectivity index (χ2v) is 5.53. The van der Waals surface area contributed by atoms with Crippen LogP contribution in [0, 0.1) is 26.7 Å². The van der Waals surface area contributed by atoms with Crippen LogP contribution in [0.4, 0.5) is 0 Å². The molecule has 2 heterocycles. The zero-order valence-electron chi connectivity index (χ0n) is 12.4. The van der Waals surface area contributed by atoms with Gasteiger partial charge < -0.3 is 14.6 Å². The van der Waals surface area contributed by atoms with Crippen LogP contribution in [0.25, 0.3) is 0 Å². The maximum atomic E-state index is 12.7. The molecule has 0 aliphatic carbocycles. The van der Waals surface area contributed by atoms with Crippen molar-refractivity contribution in [2.75, 3.05) is 26.7 Å². The first-order valence-corrected chi connectivity index (χ1v) is 7.05. The third-order valence-electron chi connectivity index (χ3n) is 4.07. The average molecular weight is 264 g/mol. The van der Waals surface area contributed by atoms with Crippen LogP contribution in [0.3, 0.4) is 0 Å². The molecule has 4 nitrogen and oxygen atoms in total. The summed E-state index contributed by atoms with van der Waals surface area (Å²) in [5.41, 5.74) is 1.75. The Morgan fingerprint density at radius 2 is 2.11 bits per heavy atom. The van der Waals surface area contributed by atoms with Crippen LogP contribution < -0.4 is 5.32 Å². The van der Waals surface area contributed by atoms with E-state index >= 15 is 0 Å². The standard InChI is InChI=1S/C15H24N2O2/c1-10-11(2)19-12(3)14(10)15(18)17-7-5-6-13(9-17)8-16-4/h13,16H,5-9H2,1-4H3. The molecular weight excluding hydrogens is 240 g/mol. The number of amides is 1. The van der Waals surface area contributed by atoms with E-state index in [0.717, 1.165) is 48.7 Å². The lowest BCUT2D eigenvalue weighted by Gasteiger charge is -2.32. The molecule has 0 saturated carbocycles. The highest BCUT2D eigenvalue weighted by atomic mass is 16.3. The van der Waals surface area contributed by atoms with E-state index in [4.69, 9.17) is 4.42 Å². The van der Waals surface area contributed by atoms with Gasteiger partial charge in [-0.3, -0.25) is 4.79 Å². The number of aryl methyl sites for hydroxylation is 2. The van der Waals surface area contributed by atoms with Crippen molar-refractivity contribution in [3.05, 3.63) is 22.6 Å². The first-order valence-electron chi connectivity index (χ1n) is 7.05. The first kappa shape index (κ1) is 14.1. The minimum atomic E-state index is 0.132. The Labute approximate surface area is 115 Å². The summed E-state index contributed by atoms with van der Waals surface area (Å²) in [5, 5.41) is 3.21. The Bertz CT molecular complexity index is 463. The fraction of sp³-hybridized carbons (Fsp3) is 0.667. The number of nitrogens with one attached hydrogen (secondary N) is 1. The molecule has 1 aromatic heterocycles. The van der Waals surface area contributed by atoms with Gasteiger partial charge in [0.15, 0.2) is 0 Å². The minimum Gasteiger partial charge on any atom is -0.466 e. The molecule has 0 aromatic carbocycles. The van der Waals surface area contributed by atoms with Gasteiger partial charge in [-0.1, -0.05) is 0 Å². The molecule has 1 aromatic rings. The van der Waals surface area contributed by atoms with E-state index in [-0.39, 0.29) is 5.91 Å². The highest BCUT2D eigenvalue weighted by Gasteiger charge is 2.27. The normalized spacial score (nSPS) is 19.8. The van der Waals surface area contributed by atoms with E-state index in [9.17, 15) is 4.79 Å². The molecule has 106 valence electrons. The van der Waals surface area contributed by atoms with Crippen LogP contribution >= 0.6 is 0 Å². The quantitative estimate of drug-likeness (QED) is 0.911. The van der Waals surface area contributed by atoms with E-state index in [1.807, 2.05) is 32.7 Å². The molecule has 0 bridgehead atoms. The van der Waals surface area contributed by atoms with Crippen LogP contribution in [0.1, 0.15) is 40.3 Å². The summed E-state index contributed by atoms with van der Waals surface area (Å²) in [5.74, 6) is 2.30. The molecule has 1 aliphatic rings. The zero-order chi connectivity index (χ0) is 14.0. The van der Waals surface area contributed by atoms with E-state index < -0.39 is 0 Å². The van der Waals surface area contributed by atoms with E-state index in [1.54, 1.807) is 0 Å². The van der Waals surface area contributed by atoms with E-state index in [0.29, 0.717) is 5.92 Å². The number of hydrogen-bond donors (Lipinski definition) is 1. The molecule has 1 amide bonds. The van der Waals surface area contributed by atoms with Crippen molar-refractivity contribution in [2.24, 2.45) is 5.92 Å². The third-order valence-corrected chi connectivity index (χ3v) is 4.07. The number of likely N-dealkylation sites (tertiary alicyclic amines) is 1. The molecule has 1 N–H and O–H groups in total. The zero-order valence-corrected chi connectivity index (χ0v) is 12.4. The molecule has 1 aliphatic heterocycles. The molecule has 19 heavy (non-hydrogen) atoms. The molecule has 2 rings (SSSR count). The van der Waals surface area contributed by atoms with Crippen molar-refractivity contribution in [3.63, 3.8) is 0 Å². The van der Waals surface area contributed by atoms with E-state index in [1.165, 1.54) is 6.42 Å². The second-order valence-electron chi connectivity index (χ2n) is 5.53. The molecular formula is C15H24N2O2. The van der Waals surface area contributed by atoms with Crippen LogP contribution in [-0.4, -0.2) is 37.5 Å². The van der Waals surface area contributed by atoms with Gasteiger partial charge in [0.25, 0.3) is 5.91 Å². The lowest BCUT2D eigenvalue weighted by atomic mass is 9.97. The van der Waals surface area contributed by atoms with Gasteiger partial charge in [0.05, 0.1) is 5.56 Å². The summed E-state index contributed by atoms with van der Waals surface area (Å²) >= 11 is 0. The van der Waals surface area contributed by atoms with Gasteiger partial charge in [-0.05, 0) is 53.1 Å². The Hall–Kier alpha value is -1.29. The van der Waals surface area contributed by atoms with Gasteiger partial charge in [-0.15, -0.1) is 0 Å². The molecule has 1 saturated heterocycles. The molecule has 0 spiro atoms. The molecule has 0 radical (unpaired) electrons.